The van der Waals surface area contributed by atoms with Gasteiger partial charge in [-0.05, 0) is 31.3 Å². The molecule has 9 heteroatoms. The van der Waals surface area contributed by atoms with Crippen molar-refractivity contribution >= 4 is 10.0 Å². The van der Waals surface area contributed by atoms with Crippen LogP contribution in [0.3, 0.4) is 0 Å². The molecule has 2 aliphatic rings. The molecule has 0 saturated carbocycles. The Balaban J connectivity index is 1.50. The molecular weight excluding hydrogens is 370 g/mol. The number of hydrogen-bond acceptors (Lipinski definition) is 7. The largest absolute Gasteiger partial charge is 0.468 e. The summed E-state index contributed by atoms with van der Waals surface area (Å²) >= 11 is 0. The molecule has 1 aromatic heterocycles. The molecule has 146 valence electrons. The molecule has 0 bridgehead atoms. The minimum atomic E-state index is -3.68. The first-order chi connectivity index (χ1) is 13.0. The summed E-state index contributed by atoms with van der Waals surface area (Å²) in [6, 6.07) is 8.18. The fraction of sp³-hybridized carbons (Fsp3) is 0.444. The molecule has 0 amide bonds. The minimum absolute atomic E-state index is 0.107. The van der Waals surface area contributed by atoms with Crippen LogP contribution in [0.15, 0.2) is 45.9 Å². The highest BCUT2D eigenvalue weighted by atomic mass is 32.2. The summed E-state index contributed by atoms with van der Waals surface area (Å²) in [5, 5.41) is 0. The zero-order valence-electron chi connectivity index (χ0n) is 15.1. The smallest absolute Gasteiger partial charge is 0.240 e. The summed E-state index contributed by atoms with van der Waals surface area (Å²) < 4.78 is 44.4. The van der Waals surface area contributed by atoms with Crippen LogP contribution >= 0.6 is 0 Å². The second-order valence-electron chi connectivity index (χ2n) is 6.74. The lowest BCUT2D eigenvalue weighted by molar-refractivity contribution is 0.102. The van der Waals surface area contributed by atoms with E-state index in [0.29, 0.717) is 11.5 Å². The molecule has 1 unspecified atom stereocenters. The van der Waals surface area contributed by atoms with Crippen LogP contribution in [0.25, 0.3) is 0 Å². The number of sulfonamides is 1. The molecule has 2 aliphatic heterocycles. The van der Waals surface area contributed by atoms with Gasteiger partial charge in [-0.2, -0.15) is 0 Å². The van der Waals surface area contributed by atoms with Crippen LogP contribution in [0.2, 0.25) is 0 Å². The van der Waals surface area contributed by atoms with Gasteiger partial charge in [0.1, 0.15) is 5.76 Å². The van der Waals surface area contributed by atoms with E-state index in [-0.39, 0.29) is 24.3 Å². The van der Waals surface area contributed by atoms with Gasteiger partial charge in [0.15, 0.2) is 11.5 Å². The number of rotatable bonds is 6. The zero-order valence-corrected chi connectivity index (χ0v) is 15.9. The number of likely N-dealkylation sites (N-methyl/N-ethyl adjacent to an activating group) is 1. The van der Waals surface area contributed by atoms with Crippen LogP contribution in [-0.2, 0) is 10.0 Å². The normalized spacial score (nSPS) is 19.3. The Hall–Kier alpha value is -2.07. The Bertz CT molecular complexity index is 876. The van der Waals surface area contributed by atoms with E-state index in [0.717, 1.165) is 31.9 Å². The van der Waals surface area contributed by atoms with E-state index in [1.807, 2.05) is 12.1 Å². The molecule has 27 heavy (non-hydrogen) atoms. The van der Waals surface area contributed by atoms with Gasteiger partial charge in [-0.3, -0.25) is 4.90 Å². The van der Waals surface area contributed by atoms with Crippen LogP contribution in [0.1, 0.15) is 11.8 Å². The lowest BCUT2D eigenvalue weighted by Crippen LogP contribution is -2.48. The quantitative estimate of drug-likeness (QED) is 0.791. The van der Waals surface area contributed by atoms with Gasteiger partial charge in [0, 0.05) is 38.8 Å². The van der Waals surface area contributed by atoms with Crippen molar-refractivity contribution in [1.82, 2.24) is 14.5 Å². The van der Waals surface area contributed by atoms with E-state index in [4.69, 9.17) is 13.9 Å². The van der Waals surface area contributed by atoms with Crippen LogP contribution < -0.4 is 14.2 Å². The Morgan fingerprint density at radius 2 is 1.89 bits per heavy atom. The van der Waals surface area contributed by atoms with E-state index < -0.39 is 10.0 Å². The fourth-order valence-corrected chi connectivity index (χ4v) is 4.39. The van der Waals surface area contributed by atoms with Crippen molar-refractivity contribution in [2.75, 3.05) is 46.6 Å². The van der Waals surface area contributed by atoms with Crippen molar-refractivity contribution in [2.24, 2.45) is 0 Å². The first kappa shape index (κ1) is 18.3. The van der Waals surface area contributed by atoms with Gasteiger partial charge in [0.05, 0.1) is 17.2 Å². The second-order valence-corrected chi connectivity index (χ2v) is 8.50. The average molecular weight is 393 g/mol. The predicted molar refractivity (Wildman–Crippen MR) is 98.3 cm³/mol. The maximum atomic E-state index is 12.8. The van der Waals surface area contributed by atoms with Crippen molar-refractivity contribution in [3.63, 3.8) is 0 Å². The molecule has 1 aromatic carbocycles. The molecule has 1 atom stereocenters. The third-order valence-corrected chi connectivity index (χ3v) is 6.39. The van der Waals surface area contributed by atoms with E-state index in [9.17, 15) is 8.42 Å². The van der Waals surface area contributed by atoms with E-state index >= 15 is 0 Å². The maximum absolute atomic E-state index is 12.8. The Morgan fingerprint density at radius 1 is 1.11 bits per heavy atom. The van der Waals surface area contributed by atoms with E-state index in [1.165, 1.54) is 12.1 Å². The molecule has 0 radical (unpaired) electrons. The van der Waals surface area contributed by atoms with Crippen LogP contribution in [-0.4, -0.2) is 64.8 Å². The van der Waals surface area contributed by atoms with Gasteiger partial charge in [-0.1, -0.05) is 0 Å². The Labute approximate surface area is 158 Å². The van der Waals surface area contributed by atoms with E-state index in [2.05, 4.69) is 21.6 Å². The average Bonchev–Trinajstić information content (AvgIpc) is 3.34. The number of furan rings is 1. The third kappa shape index (κ3) is 3.96. The maximum Gasteiger partial charge on any atom is 0.240 e. The molecule has 3 heterocycles. The van der Waals surface area contributed by atoms with Crippen LogP contribution in [0, 0.1) is 0 Å². The Kier molecular flexibility index (Phi) is 5.09. The van der Waals surface area contributed by atoms with Crippen molar-refractivity contribution in [3.05, 3.63) is 42.4 Å². The van der Waals surface area contributed by atoms with Gasteiger partial charge in [-0.25, -0.2) is 13.1 Å². The SMILES string of the molecule is CN1CCN(C(CNS(=O)(=O)c2ccc3c(c2)OCO3)c2ccco2)CC1. The van der Waals surface area contributed by atoms with Gasteiger partial charge < -0.3 is 18.8 Å². The number of nitrogens with zero attached hydrogens (tertiary/aromatic N) is 2. The first-order valence-electron chi connectivity index (χ1n) is 8.88. The minimum Gasteiger partial charge on any atom is -0.468 e. The van der Waals surface area contributed by atoms with Gasteiger partial charge in [0.25, 0.3) is 0 Å². The van der Waals surface area contributed by atoms with Crippen LogP contribution in [0.4, 0.5) is 0 Å². The summed E-state index contributed by atoms with van der Waals surface area (Å²) in [7, 11) is -1.60. The molecule has 1 fully saturated rings. The summed E-state index contributed by atoms with van der Waals surface area (Å²) in [6.45, 7) is 3.92. The fourth-order valence-electron chi connectivity index (χ4n) is 3.34. The lowest BCUT2D eigenvalue weighted by Gasteiger charge is -2.37. The van der Waals surface area contributed by atoms with Crippen molar-refractivity contribution in [2.45, 2.75) is 10.9 Å². The van der Waals surface area contributed by atoms with Gasteiger partial charge in [-0.15, -0.1) is 0 Å². The molecular formula is C18H23N3O5S. The lowest BCUT2D eigenvalue weighted by atomic mass is 10.1. The van der Waals surface area contributed by atoms with E-state index in [1.54, 1.807) is 12.3 Å². The first-order valence-corrected chi connectivity index (χ1v) is 10.4. The standard InChI is InChI=1S/C18H23N3O5S/c1-20-6-8-21(9-7-20)15(16-3-2-10-24-16)12-19-27(22,23)14-4-5-17-18(11-14)26-13-25-17/h2-5,10-11,15,19H,6-9,12-13H2,1H3. The molecule has 8 nitrogen and oxygen atoms in total. The molecule has 0 aliphatic carbocycles. The zero-order chi connectivity index (χ0) is 18.9. The number of benzene rings is 1. The Morgan fingerprint density at radius 3 is 2.63 bits per heavy atom. The third-order valence-electron chi connectivity index (χ3n) is 4.97. The van der Waals surface area contributed by atoms with Crippen molar-refractivity contribution < 1.29 is 22.3 Å². The van der Waals surface area contributed by atoms with Gasteiger partial charge in [0.2, 0.25) is 16.8 Å². The number of fused-ring (bicyclic) bond motifs is 1. The highest BCUT2D eigenvalue weighted by Crippen LogP contribution is 2.34. The summed E-state index contributed by atoms with van der Waals surface area (Å²) in [6.07, 6.45) is 1.62. The topological polar surface area (TPSA) is 84.2 Å². The summed E-state index contributed by atoms with van der Waals surface area (Å²) in [5.74, 6) is 1.76. The number of nitrogens with one attached hydrogen (secondary N) is 1. The predicted octanol–water partition coefficient (Wildman–Crippen LogP) is 1.28. The summed E-state index contributed by atoms with van der Waals surface area (Å²) in [4.78, 5) is 4.66. The van der Waals surface area contributed by atoms with Crippen molar-refractivity contribution in [3.8, 4) is 11.5 Å². The van der Waals surface area contributed by atoms with Gasteiger partial charge >= 0.3 is 0 Å². The highest BCUT2D eigenvalue weighted by Gasteiger charge is 2.28. The summed E-state index contributed by atoms with van der Waals surface area (Å²) in [5.41, 5.74) is 0. The molecule has 1 saturated heterocycles. The molecule has 2 aromatic rings. The monoisotopic (exact) mass is 393 g/mol. The number of hydrogen-bond donors (Lipinski definition) is 1. The second kappa shape index (κ2) is 7.51. The molecule has 1 N–H and O–H groups in total. The molecule has 0 spiro atoms. The molecule has 4 rings (SSSR count). The highest BCUT2D eigenvalue weighted by molar-refractivity contribution is 7.89. The number of ether oxygens (including phenoxy) is 2. The van der Waals surface area contributed by atoms with Crippen molar-refractivity contribution in [1.29, 1.82) is 0 Å². The number of piperazine rings is 1. The van der Waals surface area contributed by atoms with Crippen LogP contribution in [0.5, 0.6) is 11.5 Å².